The zero-order valence-electron chi connectivity index (χ0n) is 11.7. The van der Waals surface area contributed by atoms with Crippen molar-refractivity contribution in [3.63, 3.8) is 0 Å². The first-order chi connectivity index (χ1) is 9.69. The molecule has 0 bridgehead atoms. The summed E-state index contributed by atoms with van der Waals surface area (Å²) in [7, 11) is 1.45. The van der Waals surface area contributed by atoms with E-state index in [9.17, 15) is 10.1 Å². The molecule has 0 aliphatic heterocycles. The number of benzene rings is 1. The smallest absolute Gasteiger partial charge is 0.311 e. The van der Waals surface area contributed by atoms with Gasteiger partial charge in [0.15, 0.2) is 5.75 Å². The molecule has 5 nitrogen and oxygen atoms in total. The summed E-state index contributed by atoms with van der Waals surface area (Å²) in [4.78, 5) is 10.6. The Morgan fingerprint density at radius 3 is 2.50 bits per heavy atom. The van der Waals surface area contributed by atoms with Gasteiger partial charge in [0.1, 0.15) is 0 Å². The van der Waals surface area contributed by atoms with Crippen molar-refractivity contribution in [2.75, 3.05) is 7.11 Å². The molecule has 20 heavy (non-hydrogen) atoms. The maximum absolute atomic E-state index is 11.0. The zero-order chi connectivity index (χ0) is 14.1. The maximum atomic E-state index is 11.0. The molecular formula is C15H20N2O3. The van der Waals surface area contributed by atoms with Gasteiger partial charge in [-0.15, -0.1) is 0 Å². The molecule has 0 unspecified atom stereocenters. The lowest BCUT2D eigenvalue weighted by Gasteiger charge is -2.17. The maximum Gasteiger partial charge on any atom is 0.311 e. The van der Waals surface area contributed by atoms with Crippen molar-refractivity contribution in [3.05, 3.63) is 33.9 Å². The molecule has 2 aliphatic rings. The van der Waals surface area contributed by atoms with E-state index in [1.54, 1.807) is 12.1 Å². The largest absolute Gasteiger partial charge is 0.490 e. The molecule has 0 saturated heterocycles. The second-order valence-corrected chi connectivity index (χ2v) is 5.84. The second-order valence-electron chi connectivity index (χ2n) is 5.84. The number of nitro benzene ring substituents is 1. The van der Waals surface area contributed by atoms with Crippen molar-refractivity contribution in [2.24, 2.45) is 11.8 Å². The molecule has 1 N–H and O–H groups in total. The van der Waals surface area contributed by atoms with Gasteiger partial charge in [-0.1, -0.05) is 6.07 Å². The number of nitrogens with one attached hydrogen (secondary N) is 1. The van der Waals surface area contributed by atoms with E-state index in [4.69, 9.17) is 4.74 Å². The molecular weight excluding hydrogens is 256 g/mol. The SMILES string of the molecule is COc1ccc(CNC(C2CC2)C2CC2)cc1[N+](=O)[O-]. The average Bonchev–Trinajstić information content (AvgIpc) is 3.31. The fraction of sp³-hybridized carbons (Fsp3) is 0.600. The van der Waals surface area contributed by atoms with Crippen LogP contribution in [-0.2, 0) is 6.54 Å². The van der Waals surface area contributed by atoms with Crippen LogP contribution in [0.25, 0.3) is 0 Å². The Morgan fingerprint density at radius 2 is 2.00 bits per heavy atom. The minimum Gasteiger partial charge on any atom is -0.490 e. The monoisotopic (exact) mass is 276 g/mol. The molecule has 3 rings (SSSR count). The molecule has 0 heterocycles. The van der Waals surface area contributed by atoms with Gasteiger partial charge in [0.2, 0.25) is 0 Å². The Balaban J connectivity index is 1.67. The van der Waals surface area contributed by atoms with Crippen molar-refractivity contribution in [2.45, 2.75) is 38.3 Å². The van der Waals surface area contributed by atoms with Gasteiger partial charge in [-0.25, -0.2) is 0 Å². The highest BCUT2D eigenvalue weighted by Gasteiger charge is 2.40. The number of rotatable bonds is 7. The molecule has 1 aromatic carbocycles. The van der Waals surface area contributed by atoms with Crippen molar-refractivity contribution in [1.82, 2.24) is 5.32 Å². The first kappa shape index (κ1) is 13.4. The summed E-state index contributed by atoms with van der Waals surface area (Å²) in [5.74, 6) is 1.98. The third-order valence-electron chi connectivity index (χ3n) is 4.24. The Kier molecular flexibility index (Phi) is 3.61. The Labute approximate surface area is 118 Å². The lowest BCUT2D eigenvalue weighted by Crippen LogP contribution is -2.32. The zero-order valence-corrected chi connectivity index (χ0v) is 11.7. The summed E-state index contributed by atoms with van der Waals surface area (Å²) in [6, 6.07) is 5.80. The topological polar surface area (TPSA) is 64.4 Å². The summed E-state index contributed by atoms with van der Waals surface area (Å²) >= 11 is 0. The van der Waals surface area contributed by atoms with E-state index in [-0.39, 0.29) is 10.6 Å². The fourth-order valence-corrected chi connectivity index (χ4v) is 2.85. The highest BCUT2D eigenvalue weighted by atomic mass is 16.6. The lowest BCUT2D eigenvalue weighted by atomic mass is 10.1. The first-order valence-electron chi connectivity index (χ1n) is 7.23. The van der Waals surface area contributed by atoms with Crippen LogP contribution in [0.2, 0.25) is 0 Å². The summed E-state index contributed by atoms with van der Waals surface area (Å²) in [6.07, 6.45) is 5.32. The predicted octanol–water partition coefficient (Wildman–Crippen LogP) is 2.88. The van der Waals surface area contributed by atoms with Gasteiger partial charge in [-0.05, 0) is 49.1 Å². The normalized spacial score (nSPS) is 18.3. The van der Waals surface area contributed by atoms with Crippen LogP contribution >= 0.6 is 0 Å². The Hall–Kier alpha value is -1.62. The van der Waals surface area contributed by atoms with Crippen LogP contribution in [0.1, 0.15) is 31.2 Å². The van der Waals surface area contributed by atoms with Crippen LogP contribution in [0.4, 0.5) is 5.69 Å². The number of ether oxygens (including phenoxy) is 1. The van der Waals surface area contributed by atoms with Gasteiger partial charge in [-0.2, -0.15) is 0 Å². The van der Waals surface area contributed by atoms with Gasteiger partial charge in [0, 0.05) is 18.7 Å². The highest BCUT2D eigenvalue weighted by Crippen LogP contribution is 2.44. The number of hydrogen-bond acceptors (Lipinski definition) is 4. The number of hydrogen-bond donors (Lipinski definition) is 1. The van der Waals surface area contributed by atoms with Crippen molar-refractivity contribution < 1.29 is 9.66 Å². The Bertz CT molecular complexity index is 498. The van der Waals surface area contributed by atoms with E-state index in [1.165, 1.54) is 32.8 Å². The van der Waals surface area contributed by atoms with E-state index >= 15 is 0 Å². The van der Waals surface area contributed by atoms with Gasteiger partial charge < -0.3 is 10.1 Å². The molecule has 2 saturated carbocycles. The fourth-order valence-electron chi connectivity index (χ4n) is 2.85. The van der Waals surface area contributed by atoms with Gasteiger partial charge in [-0.3, -0.25) is 10.1 Å². The third-order valence-corrected chi connectivity index (χ3v) is 4.24. The number of nitro groups is 1. The van der Waals surface area contributed by atoms with Crippen molar-refractivity contribution >= 4 is 5.69 Å². The minimum absolute atomic E-state index is 0.0428. The van der Waals surface area contributed by atoms with Crippen LogP contribution in [-0.4, -0.2) is 18.1 Å². The minimum atomic E-state index is -0.387. The van der Waals surface area contributed by atoms with Crippen molar-refractivity contribution in [1.29, 1.82) is 0 Å². The van der Waals surface area contributed by atoms with Crippen LogP contribution < -0.4 is 10.1 Å². The molecule has 5 heteroatoms. The molecule has 1 aromatic rings. The summed E-state index contributed by atoms with van der Waals surface area (Å²) in [6.45, 7) is 0.697. The molecule has 0 aromatic heterocycles. The molecule has 0 amide bonds. The second kappa shape index (κ2) is 5.40. The summed E-state index contributed by atoms with van der Waals surface area (Å²) in [5.41, 5.74) is 0.991. The molecule has 2 fully saturated rings. The quantitative estimate of drug-likeness (QED) is 0.614. The Morgan fingerprint density at radius 1 is 1.35 bits per heavy atom. The third kappa shape index (κ3) is 2.93. The molecule has 108 valence electrons. The molecule has 0 spiro atoms. The standard InChI is InChI=1S/C15H20N2O3/c1-20-14-7-2-10(8-13(14)17(18)19)9-16-15(11-3-4-11)12-5-6-12/h2,7-8,11-12,15-16H,3-6,9H2,1H3. The number of nitrogens with zero attached hydrogens (tertiary/aromatic N) is 1. The van der Waals surface area contributed by atoms with Gasteiger partial charge in [0.25, 0.3) is 0 Å². The predicted molar refractivity (Wildman–Crippen MR) is 75.7 cm³/mol. The van der Waals surface area contributed by atoms with Crippen LogP contribution in [0.5, 0.6) is 5.75 Å². The lowest BCUT2D eigenvalue weighted by molar-refractivity contribution is -0.385. The van der Waals surface area contributed by atoms with Crippen LogP contribution in [0.15, 0.2) is 18.2 Å². The first-order valence-corrected chi connectivity index (χ1v) is 7.23. The summed E-state index contributed by atoms with van der Waals surface area (Å²) < 4.78 is 5.02. The average molecular weight is 276 g/mol. The van der Waals surface area contributed by atoms with Gasteiger partial charge in [0.05, 0.1) is 12.0 Å². The van der Waals surface area contributed by atoms with E-state index in [0.717, 1.165) is 17.4 Å². The van der Waals surface area contributed by atoms with E-state index < -0.39 is 0 Å². The number of methoxy groups -OCH3 is 1. The molecule has 0 radical (unpaired) electrons. The van der Waals surface area contributed by atoms with Crippen LogP contribution in [0, 0.1) is 22.0 Å². The summed E-state index contributed by atoms with van der Waals surface area (Å²) in [5, 5.41) is 14.6. The van der Waals surface area contributed by atoms with E-state index in [1.807, 2.05) is 6.07 Å². The highest BCUT2D eigenvalue weighted by molar-refractivity contribution is 5.48. The van der Waals surface area contributed by atoms with Gasteiger partial charge >= 0.3 is 5.69 Å². The molecule has 0 atom stereocenters. The van der Waals surface area contributed by atoms with E-state index in [2.05, 4.69) is 5.32 Å². The van der Waals surface area contributed by atoms with Crippen molar-refractivity contribution in [3.8, 4) is 5.75 Å². The van der Waals surface area contributed by atoms with Crippen LogP contribution in [0.3, 0.4) is 0 Å². The molecule has 2 aliphatic carbocycles. The van der Waals surface area contributed by atoms with E-state index in [0.29, 0.717) is 18.3 Å².